The van der Waals surface area contributed by atoms with Gasteiger partial charge >= 0.3 is 0 Å². The van der Waals surface area contributed by atoms with Gasteiger partial charge in [0.25, 0.3) is 0 Å². The average molecular weight is 291 g/mol. The molecule has 0 radical (unpaired) electrons. The van der Waals surface area contributed by atoms with Crippen LogP contribution in [-0.4, -0.2) is 16.1 Å². The van der Waals surface area contributed by atoms with Gasteiger partial charge in [-0.05, 0) is 49.4 Å². The molecule has 0 aliphatic rings. The first-order valence-electron chi connectivity index (χ1n) is 7.81. The van der Waals surface area contributed by atoms with Crippen molar-refractivity contribution in [1.29, 1.82) is 0 Å². The maximum absolute atomic E-state index is 13.5. The zero-order valence-electron chi connectivity index (χ0n) is 13.3. The highest BCUT2D eigenvalue weighted by molar-refractivity contribution is 5.76. The molecule has 2 rings (SSSR count). The number of fused-ring (bicyclic) bond motifs is 1. The summed E-state index contributed by atoms with van der Waals surface area (Å²) in [6.45, 7) is 8.21. The van der Waals surface area contributed by atoms with E-state index in [-0.39, 0.29) is 11.2 Å². The van der Waals surface area contributed by atoms with Gasteiger partial charge in [-0.15, -0.1) is 0 Å². The molecule has 0 aliphatic heterocycles. The number of nitrogens with two attached hydrogens (primary N) is 1. The Morgan fingerprint density at radius 3 is 2.71 bits per heavy atom. The summed E-state index contributed by atoms with van der Waals surface area (Å²) in [7, 11) is 0. The molecule has 0 atom stereocenters. The molecule has 0 spiro atoms. The van der Waals surface area contributed by atoms with Gasteiger partial charge in [0, 0.05) is 13.0 Å². The van der Waals surface area contributed by atoms with Crippen molar-refractivity contribution in [2.24, 2.45) is 11.1 Å². The summed E-state index contributed by atoms with van der Waals surface area (Å²) in [6.07, 6.45) is 3.97. The van der Waals surface area contributed by atoms with Crippen molar-refractivity contribution in [2.75, 3.05) is 6.54 Å². The molecule has 0 saturated carbocycles. The standard InChI is InChI=1S/C17H26FN3/c1-4-11-21-15-12-13(18)5-6-14(15)20-16(21)7-8-17(2,3)9-10-19/h5-6,12H,4,7-11,19H2,1-3H3. The van der Waals surface area contributed by atoms with E-state index in [1.165, 1.54) is 6.07 Å². The lowest BCUT2D eigenvalue weighted by atomic mass is 9.84. The summed E-state index contributed by atoms with van der Waals surface area (Å²) >= 11 is 0. The van der Waals surface area contributed by atoms with Crippen molar-refractivity contribution in [3.63, 3.8) is 0 Å². The van der Waals surface area contributed by atoms with E-state index >= 15 is 0 Å². The van der Waals surface area contributed by atoms with Crippen LogP contribution in [0.1, 0.15) is 45.9 Å². The molecule has 2 aromatic rings. The Morgan fingerprint density at radius 2 is 2.05 bits per heavy atom. The zero-order chi connectivity index (χ0) is 15.5. The number of aryl methyl sites for hydroxylation is 2. The largest absolute Gasteiger partial charge is 0.330 e. The molecule has 116 valence electrons. The number of imidazole rings is 1. The smallest absolute Gasteiger partial charge is 0.125 e. The van der Waals surface area contributed by atoms with Crippen molar-refractivity contribution in [1.82, 2.24) is 9.55 Å². The Bertz CT molecular complexity index is 601. The van der Waals surface area contributed by atoms with E-state index in [9.17, 15) is 4.39 Å². The molecule has 2 N–H and O–H groups in total. The van der Waals surface area contributed by atoms with Gasteiger partial charge in [-0.3, -0.25) is 0 Å². The SMILES string of the molecule is CCCn1c(CCC(C)(C)CCN)nc2ccc(F)cc21. The Labute approximate surface area is 126 Å². The Hall–Kier alpha value is -1.42. The highest BCUT2D eigenvalue weighted by Gasteiger charge is 2.19. The van der Waals surface area contributed by atoms with Crippen molar-refractivity contribution in [3.8, 4) is 0 Å². The van der Waals surface area contributed by atoms with Gasteiger partial charge in [-0.2, -0.15) is 0 Å². The minimum Gasteiger partial charge on any atom is -0.330 e. The topological polar surface area (TPSA) is 43.8 Å². The number of hydrogen-bond acceptors (Lipinski definition) is 2. The van der Waals surface area contributed by atoms with Crippen LogP contribution in [0.3, 0.4) is 0 Å². The van der Waals surface area contributed by atoms with E-state index in [4.69, 9.17) is 10.7 Å². The van der Waals surface area contributed by atoms with Crippen LogP contribution in [0, 0.1) is 11.2 Å². The number of aromatic nitrogens is 2. The first-order valence-corrected chi connectivity index (χ1v) is 7.81. The van der Waals surface area contributed by atoms with E-state index in [1.807, 2.05) is 0 Å². The second kappa shape index (κ2) is 6.56. The maximum atomic E-state index is 13.5. The fourth-order valence-corrected chi connectivity index (χ4v) is 2.78. The minimum atomic E-state index is -0.199. The van der Waals surface area contributed by atoms with E-state index in [0.717, 1.165) is 49.1 Å². The molecule has 0 aliphatic carbocycles. The Balaban J connectivity index is 2.28. The molecular formula is C17H26FN3. The van der Waals surface area contributed by atoms with Crippen molar-refractivity contribution < 1.29 is 4.39 Å². The van der Waals surface area contributed by atoms with Crippen LogP contribution < -0.4 is 5.73 Å². The zero-order valence-corrected chi connectivity index (χ0v) is 13.3. The predicted octanol–water partition coefficient (Wildman–Crippen LogP) is 3.89. The third-order valence-electron chi connectivity index (χ3n) is 4.08. The van der Waals surface area contributed by atoms with Gasteiger partial charge in [0.1, 0.15) is 11.6 Å². The molecule has 1 heterocycles. The summed E-state index contributed by atoms with van der Waals surface area (Å²) in [4.78, 5) is 4.70. The van der Waals surface area contributed by atoms with Gasteiger partial charge in [-0.1, -0.05) is 20.8 Å². The van der Waals surface area contributed by atoms with Crippen LogP contribution in [-0.2, 0) is 13.0 Å². The van der Waals surface area contributed by atoms with Crippen molar-refractivity contribution >= 4 is 11.0 Å². The van der Waals surface area contributed by atoms with Crippen LogP contribution in [0.2, 0.25) is 0 Å². The lowest BCUT2D eigenvalue weighted by Crippen LogP contribution is -2.18. The van der Waals surface area contributed by atoms with Crippen LogP contribution in [0.4, 0.5) is 4.39 Å². The number of hydrogen-bond donors (Lipinski definition) is 1. The van der Waals surface area contributed by atoms with Crippen molar-refractivity contribution in [2.45, 2.75) is 53.0 Å². The second-order valence-corrected chi connectivity index (χ2v) is 6.52. The molecule has 4 heteroatoms. The molecule has 0 fully saturated rings. The molecule has 0 bridgehead atoms. The number of rotatable bonds is 7. The first-order chi connectivity index (χ1) is 9.96. The maximum Gasteiger partial charge on any atom is 0.125 e. The quantitative estimate of drug-likeness (QED) is 0.841. The first kappa shape index (κ1) is 16.0. The van der Waals surface area contributed by atoms with Crippen LogP contribution in [0.25, 0.3) is 11.0 Å². The van der Waals surface area contributed by atoms with Crippen LogP contribution >= 0.6 is 0 Å². The van der Waals surface area contributed by atoms with E-state index in [1.54, 1.807) is 12.1 Å². The predicted molar refractivity (Wildman–Crippen MR) is 85.8 cm³/mol. The third kappa shape index (κ3) is 3.82. The molecule has 1 aromatic carbocycles. The van der Waals surface area contributed by atoms with Gasteiger partial charge in [-0.25, -0.2) is 9.37 Å². The monoisotopic (exact) mass is 291 g/mol. The minimum absolute atomic E-state index is 0.199. The van der Waals surface area contributed by atoms with Gasteiger partial charge in [0.2, 0.25) is 0 Å². The Morgan fingerprint density at radius 1 is 1.29 bits per heavy atom. The molecule has 1 aromatic heterocycles. The number of nitrogens with zero attached hydrogens (tertiary/aromatic N) is 2. The summed E-state index contributed by atoms with van der Waals surface area (Å²) in [5, 5.41) is 0. The summed E-state index contributed by atoms with van der Waals surface area (Å²) in [6, 6.07) is 4.84. The second-order valence-electron chi connectivity index (χ2n) is 6.52. The lowest BCUT2D eigenvalue weighted by molar-refractivity contribution is 0.309. The molecule has 0 amide bonds. The third-order valence-corrected chi connectivity index (χ3v) is 4.08. The lowest BCUT2D eigenvalue weighted by Gasteiger charge is -2.23. The molecular weight excluding hydrogens is 265 g/mol. The fourth-order valence-electron chi connectivity index (χ4n) is 2.78. The van der Waals surface area contributed by atoms with E-state index in [2.05, 4.69) is 25.3 Å². The fraction of sp³-hybridized carbons (Fsp3) is 0.588. The summed E-state index contributed by atoms with van der Waals surface area (Å²) < 4.78 is 15.7. The van der Waals surface area contributed by atoms with Gasteiger partial charge in [0.15, 0.2) is 0 Å². The highest BCUT2D eigenvalue weighted by atomic mass is 19.1. The number of benzene rings is 1. The van der Waals surface area contributed by atoms with E-state index in [0.29, 0.717) is 6.54 Å². The Kier molecular flexibility index (Phi) is 4.99. The van der Waals surface area contributed by atoms with Gasteiger partial charge < -0.3 is 10.3 Å². The molecule has 0 unspecified atom stereocenters. The molecule has 21 heavy (non-hydrogen) atoms. The highest BCUT2D eigenvalue weighted by Crippen LogP contribution is 2.27. The molecule has 3 nitrogen and oxygen atoms in total. The summed E-state index contributed by atoms with van der Waals surface area (Å²) in [5.41, 5.74) is 7.69. The van der Waals surface area contributed by atoms with Crippen LogP contribution in [0.5, 0.6) is 0 Å². The van der Waals surface area contributed by atoms with Crippen LogP contribution in [0.15, 0.2) is 18.2 Å². The van der Waals surface area contributed by atoms with E-state index < -0.39 is 0 Å². The van der Waals surface area contributed by atoms with Crippen molar-refractivity contribution in [3.05, 3.63) is 29.8 Å². The average Bonchev–Trinajstić information content (AvgIpc) is 2.75. The number of halogens is 1. The normalized spacial score (nSPS) is 12.2. The van der Waals surface area contributed by atoms with Gasteiger partial charge in [0.05, 0.1) is 11.0 Å². The summed E-state index contributed by atoms with van der Waals surface area (Å²) in [5.74, 6) is 0.859. The molecule has 0 saturated heterocycles.